The van der Waals surface area contributed by atoms with Gasteiger partial charge in [-0.05, 0) is 25.7 Å². The third-order valence-electron chi connectivity index (χ3n) is 3.38. The van der Waals surface area contributed by atoms with E-state index in [9.17, 15) is 4.79 Å². The normalized spacial score (nSPS) is 19.1. The molecule has 0 saturated carbocycles. The maximum atomic E-state index is 10.7. The smallest absolute Gasteiger partial charge is 0.313 e. The van der Waals surface area contributed by atoms with Crippen molar-refractivity contribution in [3.05, 3.63) is 5.82 Å². The molecule has 6 nitrogen and oxygen atoms in total. The standard InChI is InChI=1S/C13H21N3O3S/c1-2-11-14-15-13(20-9-12(17)18)16(11)7-6-10-5-3-4-8-19-10/h10H,2-9H2,1H3,(H,17,18). The van der Waals surface area contributed by atoms with Gasteiger partial charge in [0, 0.05) is 19.6 Å². The molecule has 1 fully saturated rings. The summed E-state index contributed by atoms with van der Waals surface area (Å²) in [6, 6.07) is 0. The predicted molar refractivity (Wildman–Crippen MR) is 76.0 cm³/mol. The molecule has 0 bridgehead atoms. The molecular weight excluding hydrogens is 278 g/mol. The molecule has 2 rings (SSSR count). The van der Waals surface area contributed by atoms with Crippen molar-refractivity contribution >= 4 is 17.7 Å². The van der Waals surface area contributed by atoms with Crippen LogP contribution < -0.4 is 0 Å². The Balaban J connectivity index is 1.96. The number of carbonyl (C=O) groups is 1. The van der Waals surface area contributed by atoms with E-state index in [0.29, 0.717) is 11.3 Å². The Bertz CT molecular complexity index is 444. The monoisotopic (exact) mass is 299 g/mol. The van der Waals surface area contributed by atoms with E-state index in [2.05, 4.69) is 10.2 Å². The first-order chi connectivity index (χ1) is 9.70. The maximum Gasteiger partial charge on any atom is 0.313 e. The third-order valence-corrected chi connectivity index (χ3v) is 4.33. The van der Waals surface area contributed by atoms with Crippen molar-refractivity contribution in [1.82, 2.24) is 14.8 Å². The summed E-state index contributed by atoms with van der Waals surface area (Å²) in [4.78, 5) is 10.7. The van der Waals surface area contributed by atoms with Crippen molar-refractivity contribution in [2.75, 3.05) is 12.4 Å². The SMILES string of the molecule is CCc1nnc(SCC(=O)O)n1CCC1CCCCO1. The fraction of sp³-hybridized carbons (Fsp3) is 0.769. The Morgan fingerprint density at radius 3 is 3.00 bits per heavy atom. The first-order valence-corrected chi connectivity index (χ1v) is 8.07. The number of nitrogens with zero attached hydrogens (tertiary/aromatic N) is 3. The minimum Gasteiger partial charge on any atom is -0.481 e. The summed E-state index contributed by atoms with van der Waals surface area (Å²) in [7, 11) is 0. The Hall–Kier alpha value is -1.08. The summed E-state index contributed by atoms with van der Waals surface area (Å²) < 4.78 is 7.77. The lowest BCUT2D eigenvalue weighted by atomic mass is 10.1. The number of thioether (sulfide) groups is 1. The Kier molecular flexibility index (Phi) is 5.85. The van der Waals surface area contributed by atoms with Crippen molar-refractivity contribution in [3.63, 3.8) is 0 Å². The highest BCUT2D eigenvalue weighted by Gasteiger charge is 2.17. The second-order valence-corrected chi connectivity index (χ2v) is 5.81. The fourth-order valence-electron chi connectivity index (χ4n) is 2.35. The van der Waals surface area contributed by atoms with Crippen LogP contribution in [0.3, 0.4) is 0 Å². The molecule has 0 aliphatic carbocycles. The predicted octanol–water partition coefficient (Wildman–Crippen LogP) is 1.98. The number of ether oxygens (including phenoxy) is 1. The van der Waals surface area contributed by atoms with Gasteiger partial charge in [-0.1, -0.05) is 18.7 Å². The summed E-state index contributed by atoms with van der Waals surface area (Å²) in [6.45, 7) is 3.68. The largest absolute Gasteiger partial charge is 0.481 e. The van der Waals surface area contributed by atoms with Crippen LogP contribution in [0.4, 0.5) is 0 Å². The first kappa shape index (κ1) is 15.3. The summed E-state index contributed by atoms with van der Waals surface area (Å²) >= 11 is 1.23. The van der Waals surface area contributed by atoms with Gasteiger partial charge in [-0.15, -0.1) is 10.2 Å². The van der Waals surface area contributed by atoms with Gasteiger partial charge in [-0.25, -0.2) is 0 Å². The summed E-state index contributed by atoms with van der Waals surface area (Å²) in [5.74, 6) is 0.0915. The van der Waals surface area contributed by atoms with Crippen molar-refractivity contribution < 1.29 is 14.6 Å². The van der Waals surface area contributed by atoms with Gasteiger partial charge in [0.1, 0.15) is 5.82 Å². The van der Waals surface area contributed by atoms with Crippen LogP contribution in [0.15, 0.2) is 5.16 Å². The van der Waals surface area contributed by atoms with Gasteiger partial charge < -0.3 is 14.4 Å². The first-order valence-electron chi connectivity index (χ1n) is 7.09. The lowest BCUT2D eigenvalue weighted by Gasteiger charge is -2.23. The van der Waals surface area contributed by atoms with Gasteiger partial charge in [0.2, 0.25) is 0 Å². The van der Waals surface area contributed by atoms with Gasteiger partial charge in [-0.3, -0.25) is 4.79 Å². The van der Waals surface area contributed by atoms with Crippen molar-refractivity contribution in [1.29, 1.82) is 0 Å². The van der Waals surface area contributed by atoms with Crippen LogP contribution >= 0.6 is 11.8 Å². The molecule has 0 radical (unpaired) electrons. The van der Waals surface area contributed by atoms with Crippen LogP contribution in [0.25, 0.3) is 0 Å². The molecule has 1 unspecified atom stereocenters. The molecule has 7 heteroatoms. The van der Waals surface area contributed by atoms with Gasteiger partial charge in [0.05, 0.1) is 11.9 Å². The topological polar surface area (TPSA) is 77.2 Å². The van der Waals surface area contributed by atoms with E-state index in [-0.39, 0.29) is 5.75 Å². The zero-order valence-electron chi connectivity index (χ0n) is 11.7. The summed E-state index contributed by atoms with van der Waals surface area (Å²) in [5.41, 5.74) is 0. The molecule has 1 aliphatic heterocycles. The van der Waals surface area contributed by atoms with E-state index in [1.54, 1.807) is 0 Å². The van der Waals surface area contributed by atoms with Crippen LogP contribution in [0.1, 0.15) is 38.4 Å². The van der Waals surface area contributed by atoms with Gasteiger partial charge in [0.15, 0.2) is 5.16 Å². The molecule has 0 amide bonds. The zero-order valence-corrected chi connectivity index (χ0v) is 12.6. The molecule has 112 valence electrons. The highest BCUT2D eigenvalue weighted by molar-refractivity contribution is 7.99. The summed E-state index contributed by atoms with van der Waals surface area (Å²) in [5, 5.41) is 17.7. The number of carboxylic acid groups (broad SMARTS) is 1. The number of carboxylic acids is 1. The van der Waals surface area contributed by atoms with E-state index < -0.39 is 5.97 Å². The molecule has 1 aromatic heterocycles. The number of aromatic nitrogens is 3. The van der Waals surface area contributed by atoms with Gasteiger partial charge in [0.25, 0.3) is 0 Å². The van der Waals surface area contributed by atoms with E-state index in [1.807, 2.05) is 11.5 Å². The molecule has 0 aromatic carbocycles. The van der Waals surface area contributed by atoms with E-state index in [0.717, 1.165) is 44.7 Å². The van der Waals surface area contributed by atoms with Crippen LogP contribution in [0, 0.1) is 0 Å². The maximum absolute atomic E-state index is 10.7. The van der Waals surface area contributed by atoms with Crippen LogP contribution in [0.2, 0.25) is 0 Å². The van der Waals surface area contributed by atoms with Gasteiger partial charge >= 0.3 is 5.97 Å². The average molecular weight is 299 g/mol. The Morgan fingerprint density at radius 2 is 2.35 bits per heavy atom. The zero-order chi connectivity index (χ0) is 14.4. The van der Waals surface area contributed by atoms with Crippen molar-refractivity contribution in [2.24, 2.45) is 0 Å². The molecule has 20 heavy (non-hydrogen) atoms. The molecule has 0 spiro atoms. The lowest BCUT2D eigenvalue weighted by Crippen LogP contribution is -2.21. The number of hydrogen-bond acceptors (Lipinski definition) is 5. The molecular formula is C13H21N3O3S. The van der Waals surface area contributed by atoms with E-state index in [1.165, 1.54) is 18.2 Å². The molecule has 1 saturated heterocycles. The lowest BCUT2D eigenvalue weighted by molar-refractivity contribution is -0.133. The van der Waals surface area contributed by atoms with E-state index >= 15 is 0 Å². The average Bonchev–Trinajstić information content (AvgIpc) is 2.86. The van der Waals surface area contributed by atoms with Crippen molar-refractivity contribution in [3.8, 4) is 0 Å². The quantitative estimate of drug-likeness (QED) is 0.776. The van der Waals surface area contributed by atoms with E-state index in [4.69, 9.17) is 9.84 Å². The second kappa shape index (κ2) is 7.64. The fourth-order valence-corrected chi connectivity index (χ4v) is 3.05. The number of aliphatic carboxylic acids is 1. The second-order valence-electron chi connectivity index (χ2n) is 4.86. The highest BCUT2D eigenvalue weighted by Crippen LogP contribution is 2.21. The number of aryl methyl sites for hydroxylation is 1. The minimum atomic E-state index is -0.835. The molecule has 1 atom stereocenters. The highest BCUT2D eigenvalue weighted by atomic mass is 32.2. The number of rotatable bonds is 7. The Labute approximate surface area is 122 Å². The molecule has 2 heterocycles. The van der Waals surface area contributed by atoms with Gasteiger partial charge in [-0.2, -0.15) is 0 Å². The van der Waals surface area contributed by atoms with Crippen LogP contribution in [0.5, 0.6) is 0 Å². The minimum absolute atomic E-state index is 0.0157. The molecule has 1 aliphatic rings. The molecule has 1 aromatic rings. The van der Waals surface area contributed by atoms with Crippen LogP contribution in [-0.2, 0) is 22.5 Å². The Morgan fingerprint density at radius 1 is 1.50 bits per heavy atom. The number of hydrogen-bond donors (Lipinski definition) is 1. The third kappa shape index (κ3) is 4.21. The summed E-state index contributed by atoms with van der Waals surface area (Å²) in [6.07, 6.45) is 5.55. The van der Waals surface area contributed by atoms with Crippen molar-refractivity contribution in [2.45, 2.75) is 56.8 Å². The molecule has 1 N–H and O–H groups in total. The van der Waals surface area contributed by atoms with Crippen LogP contribution in [-0.4, -0.2) is 44.3 Å².